The summed E-state index contributed by atoms with van der Waals surface area (Å²) >= 11 is 0. The van der Waals surface area contributed by atoms with E-state index in [4.69, 9.17) is 5.11 Å². The fourth-order valence-electron chi connectivity index (χ4n) is 3.75. The van der Waals surface area contributed by atoms with Gasteiger partial charge in [0.1, 0.15) is 0 Å². The zero-order valence-corrected chi connectivity index (χ0v) is 8.79. The minimum atomic E-state index is -0.932. The molecule has 14 heavy (non-hydrogen) atoms. The molecule has 0 saturated heterocycles. The van der Waals surface area contributed by atoms with Gasteiger partial charge in [-0.1, -0.05) is 13.8 Å². The summed E-state index contributed by atoms with van der Waals surface area (Å²) in [6.45, 7) is 4.32. The Bertz CT molecular complexity index is 272. The van der Waals surface area contributed by atoms with E-state index in [0.29, 0.717) is 12.3 Å². The lowest BCUT2D eigenvalue weighted by Crippen LogP contribution is -2.39. The topological polar surface area (TPSA) is 57.5 Å². The molecule has 0 heterocycles. The van der Waals surface area contributed by atoms with Gasteiger partial charge in [0.2, 0.25) is 0 Å². The number of carboxylic acids is 1. The van der Waals surface area contributed by atoms with Gasteiger partial charge in [-0.25, -0.2) is 0 Å². The molecule has 0 spiro atoms. The summed E-state index contributed by atoms with van der Waals surface area (Å²) in [6.07, 6.45) is 2.73. The first kappa shape index (κ1) is 9.97. The molecule has 2 fully saturated rings. The summed E-state index contributed by atoms with van der Waals surface area (Å²) in [7, 11) is 0. The van der Waals surface area contributed by atoms with Crippen molar-refractivity contribution >= 4 is 5.97 Å². The predicted molar refractivity (Wildman–Crippen MR) is 51.8 cm³/mol. The third-order valence-electron chi connectivity index (χ3n) is 4.46. The van der Waals surface area contributed by atoms with Crippen LogP contribution in [0.1, 0.15) is 39.5 Å². The van der Waals surface area contributed by atoms with Crippen LogP contribution in [0, 0.1) is 17.3 Å². The van der Waals surface area contributed by atoms with Crippen molar-refractivity contribution in [1.29, 1.82) is 0 Å². The van der Waals surface area contributed by atoms with E-state index in [1.807, 2.05) is 0 Å². The van der Waals surface area contributed by atoms with Crippen molar-refractivity contribution in [3.8, 4) is 0 Å². The molecule has 2 aliphatic carbocycles. The molecule has 0 amide bonds. The molecule has 2 saturated carbocycles. The van der Waals surface area contributed by atoms with Gasteiger partial charge in [-0.2, -0.15) is 0 Å². The minimum Gasteiger partial charge on any atom is -0.481 e. The molecular formula is C11H18O3. The number of fused-ring (bicyclic) bond motifs is 2. The smallest absolute Gasteiger partial charge is 0.306 e. The largest absolute Gasteiger partial charge is 0.481 e. The molecule has 0 aromatic carbocycles. The quantitative estimate of drug-likeness (QED) is 0.709. The third kappa shape index (κ3) is 1.18. The van der Waals surface area contributed by atoms with Crippen molar-refractivity contribution in [3.05, 3.63) is 0 Å². The molecule has 0 aromatic heterocycles. The average molecular weight is 198 g/mol. The number of aliphatic carboxylic acids is 1. The van der Waals surface area contributed by atoms with E-state index in [-0.39, 0.29) is 17.8 Å². The molecule has 0 radical (unpaired) electrons. The van der Waals surface area contributed by atoms with Crippen molar-refractivity contribution in [2.45, 2.75) is 45.1 Å². The van der Waals surface area contributed by atoms with E-state index < -0.39 is 11.6 Å². The van der Waals surface area contributed by atoms with Crippen molar-refractivity contribution < 1.29 is 15.0 Å². The van der Waals surface area contributed by atoms with E-state index in [9.17, 15) is 9.90 Å². The lowest BCUT2D eigenvalue weighted by molar-refractivity contribution is -0.145. The minimum absolute atomic E-state index is 0.0857. The van der Waals surface area contributed by atoms with Crippen molar-refractivity contribution in [2.75, 3.05) is 0 Å². The fraction of sp³-hybridized carbons (Fsp3) is 0.909. The van der Waals surface area contributed by atoms with Crippen molar-refractivity contribution in [2.24, 2.45) is 17.3 Å². The Labute approximate surface area is 84.1 Å². The molecule has 3 nitrogen and oxygen atoms in total. The molecule has 2 aliphatic rings. The molecule has 2 rings (SSSR count). The Kier molecular flexibility index (Phi) is 1.94. The first-order chi connectivity index (χ1) is 6.36. The standard InChI is InChI=1S/C11H18O3/c1-10(2)7-3-4-8(10)11(14,5-7)6-9(12)13/h7-8,14H,3-6H2,1-2H3,(H,12,13). The molecular weight excluding hydrogens is 180 g/mol. The maximum absolute atomic E-state index is 10.7. The van der Waals surface area contributed by atoms with Crippen molar-refractivity contribution in [1.82, 2.24) is 0 Å². The van der Waals surface area contributed by atoms with Crippen LogP contribution in [0.3, 0.4) is 0 Å². The number of aliphatic hydroxyl groups is 1. The highest BCUT2D eigenvalue weighted by atomic mass is 16.4. The number of carbonyl (C=O) groups is 1. The summed E-state index contributed by atoms with van der Waals surface area (Å²) in [6, 6.07) is 0. The Balaban J connectivity index is 2.22. The van der Waals surface area contributed by atoms with Gasteiger partial charge >= 0.3 is 5.97 Å². The average Bonchev–Trinajstić information content (AvgIpc) is 2.34. The van der Waals surface area contributed by atoms with Crippen LogP contribution in [0.4, 0.5) is 0 Å². The number of rotatable bonds is 2. The second-order valence-electron chi connectivity index (χ2n) is 5.53. The molecule has 3 atom stereocenters. The van der Waals surface area contributed by atoms with Crippen LogP contribution < -0.4 is 0 Å². The zero-order chi connectivity index (χ0) is 10.6. The summed E-state index contributed by atoms with van der Waals surface area (Å²) in [4.78, 5) is 10.7. The van der Waals surface area contributed by atoms with Gasteiger partial charge in [0.15, 0.2) is 0 Å². The normalized spacial score (nSPS) is 44.2. The fourth-order valence-corrected chi connectivity index (χ4v) is 3.75. The van der Waals surface area contributed by atoms with Crippen LogP contribution >= 0.6 is 0 Å². The lowest BCUT2D eigenvalue weighted by atomic mass is 9.77. The van der Waals surface area contributed by atoms with Gasteiger partial charge in [-0.3, -0.25) is 4.79 Å². The van der Waals surface area contributed by atoms with E-state index in [2.05, 4.69) is 13.8 Å². The van der Waals surface area contributed by atoms with Crippen LogP contribution in [0.25, 0.3) is 0 Å². The summed E-state index contributed by atoms with van der Waals surface area (Å²) in [5.74, 6) is -0.191. The highest BCUT2D eigenvalue weighted by molar-refractivity contribution is 5.68. The first-order valence-corrected chi connectivity index (χ1v) is 5.30. The van der Waals surface area contributed by atoms with Gasteiger partial charge < -0.3 is 10.2 Å². The lowest BCUT2D eigenvalue weighted by Gasteiger charge is -2.33. The molecule has 0 aromatic rings. The summed E-state index contributed by atoms with van der Waals surface area (Å²) in [5, 5.41) is 19.1. The Morgan fingerprint density at radius 3 is 2.43 bits per heavy atom. The summed E-state index contributed by atoms with van der Waals surface area (Å²) in [5.41, 5.74) is -0.803. The molecule has 3 unspecified atom stereocenters. The Morgan fingerprint density at radius 2 is 2.07 bits per heavy atom. The van der Waals surface area contributed by atoms with Gasteiger partial charge in [-0.05, 0) is 36.5 Å². The predicted octanol–water partition coefficient (Wildman–Crippen LogP) is 1.65. The van der Waals surface area contributed by atoms with Crippen LogP contribution in [0.2, 0.25) is 0 Å². The molecule has 2 N–H and O–H groups in total. The van der Waals surface area contributed by atoms with Crippen LogP contribution in [0.5, 0.6) is 0 Å². The number of carboxylic acid groups (broad SMARTS) is 1. The zero-order valence-electron chi connectivity index (χ0n) is 8.79. The second kappa shape index (κ2) is 2.72. The third-order valence-corrected chi connectivity index (χ3v) is 4.46. The van der Waals surface area contributed by atoms with E-state index in [1.165, 1.54) is 0 Å². The van der Waals surface area contributed by atoms with E-state index in [1.54, 1.807) is 0 Å². The van der Waals surface area contributed by atoms with Crippen LogP contribution in [-0.4, -0.2) is 21.8 Å². The van der Waals surface area contributed by atoms with Gasteiger partial charge in [-0.15, -0.1) is 0 Å². The monoisotopic (exact) mass is 198 g/mol. The SMILES string of the molecule is CC1(C)C2CCC1C(O)(CC(=O)O)C2. The van der Waals surface area contributed by atoms with Gasteiger partial charge in [0.05, 0.1) is 12.0 Å². The Morgan fingerprint density at radius 1 is 1.43 bits per heavy atom. The van der Waals surface area contributed by atoms with Gasteiger partial charge in [0, 0.05) is 0 Å². The van der Waals surface area contributed by atoms with Gasteiger partial charge in [0.25, 0.3) is 0 Å². The van der Waals surface area contributed by atoms with Crippen molar-refractivity contribution in [3.63, 3.8) is 0 Å². The maximum Gasteiger partial charge on any atom is 0.306 e. The molecule has 2 bridgehead atoms. The van der Waals surface area contributed by atoms with Crippen LogP contribution in [-0.2, 0) is 4.79 Å². The highest BCUT2D eigenvalue weighted by Gasteiger charge is 2.60. The maximum atomic E-state index is 10.7. The highest BCUT2D eigenvalue weighted by Crippen LogP contribution is 2.62. The van der Waals surface area contributed by atoms with E-state index in [0.717, 1.165) is 12.8 Å². The molecule has 0 aliphatic heterocycles. The second-order valence-corrected chi connectivity index (χ2v) is 5.53. The molecule has 3 heteroatoms. The summed E-state index contributed by atoms with van der Waals surface area (Å²) < 4.78 is 0. The number of hydrogen-bond donors (Lipinski definition) is 2. The van der Waals surface area contributed by atoms with E-state index >= 15 is 0 Å². The Hall–Kier alpha value is -0.570. The number of hydrogen-bond acceptors (Lipinski definition) is 2. The molecule has 80 valence electrons. The van der Waals surface area contributed by atoms with Crippen LogP contribution in [0.15, 0.2) is 0 Å². The first-order valence-electron chi connectivity index (χ1n) is 5.30.